The van der Waals surface area contributed by atoms with Crippen LogP contribution in [0.5, 0.6) is 0 Å². The van der Waals surface area contributed by atoms with Gasteiger partial charge in [0.15, 0.2) is 5.96 Å². The number of nitrogens with zero attached hydrogens (tertiary/aromatic N) is 4. The summed E-state index contributed by atoms with van der Waals surface area (Å²) in [4.78, 5) is 23.8. The zero-order valence-corrected chi connectivity index (χ0v) is 21.8. The molecule has 1 aromatic rings. The van der Waals surface area contributed by atoms with Gasteiger partial charge in [-0.2, -0.15) is 0 Å². The smallest absolute Gasteiger partial charge is 0.222 e. The first-order valence-electron chi connectivity index (χ1n) is 11.7. The number of halogens is 1. The molecule has 0 radical (unpaired) electrons. The number of rotatable bonds is 9. The molecule has 0 aliphatic carbocycles. The Morgan fingerprint density at radius 3 is 2.65 bits per heavy atom. The number of hydrogen-bond donors (Lipinski definition) is 1. The van der Waals surface area contributed by atoms with Crippen LogP contribution in [0.4, 0.5) is 0 Å². The summed E-state index contributed by atoms with van der Waals surface area (Å²) < 4.78 is 0. The molecule has 1 atom stereocenters. The van der Waals surface area contributed by atoms with Crippen LogP contribution in [0.25, 0.3) is 0 Å². The van der Waals surface area contributed by atoms with Gasteiger partial charge < -0.3 is 20.0 Å². The molecular formula is C24H40IN5O. The fraction of sp³-hybridized carbons (Fsp3) is 0.667. The minimum absolute atomic E-state index is 0. The van der Waals surface area contributed by atoms with Gasteiger partial charge in [0, 0.05) is 45.7 Å². The summed E-state index contributed by atoms with van der Waals surface area (Å²) in [5, 5.41) is 3.49. The fourth-order valence-corrected chi connectivity index (χ4v) is 4.53. The highest BCUT2D eigenvalue weighted by molar-refractivity contribution is 14.0. The third-order valence-electron chi connectivity index (χ3n) is 6.28. The maximum Gasteiger partial charge on any atom is 0.222 e. The van der Waals surface area contributed by atoms with Crippen molar-refractivity contribution in [3.63, 3.8) is 0 Å². The van der Waals surface area contributed by atoms with E-state index in [1.165, 1.54) is 24.1 Å². The summed E-state index contributed by atoms with van der Waals surface area (Å²) in [5.41, 5.74) is 2.40. The Bertz CT molecular complexity index is 722. The van der Waals surface area contributed by atoms with Crippen molar-refractivity contribution in [1.29, 1.82) is 0 Å². The maximum absolute atomic E-state index is 11.9. The van der Waals surface area contributed by atoms with Gasteiger partial charge in [-0.05, 0) is 49.9 Å². The van der Waals surface area contributed by atoms with Crippen LogP contribution in [0, 0.1) is 5.92 Å². The van der Waals surface area contributed by atoms with Gasteiger partial charge in [-0.1, -0.05) is 38.1 Å². The highest BCUT2D eigenvalue weighted by Gasteiger charge is 2.26. The number of likely N-dealkylation sites (tertiary alicyclic amines) is 2. The Morgan fingerprint density at radius 2 is 1.97 bits per heavy atom. The van der Waals surface area contributed by atoms with Crippen molar-refractivity contribution in [2.45, 2.75) is 53.1 Å². The summed E-state index contributed by atoms with van der Waals surface area (Å²) in [5.74, 6) is 2.02. The molecule has 0 aromatic heterocycles. The number of nitrogens with one attached hydrogen (secondary N) is 1. The highest BCUT2D eigenvalue weighted by atomic mass is 127. The number of benzene rings is 1. The van der Waals surface area contributed by atoms with Crippen LogP contribution in [0.2, 0.25) is 0 Å². The summed E-state index contributed by atoms with van der Waals surface area (Å²) >= 11 is 0. The van der Waals surface area contributed by atoms with Crippen LogP contribution in [-0.2, 0) is 17.9 Å². The third kappa shape index (κ3) is 7.63. The summed E-state index contributed by atoms with van der Waals surface area (Å²) in [6, 6.07) is 8.53. The molecular weight excluding hydrogens is 501 g/mol. The molecule has 1 amide bonds. The predicted molar refractivity (Wildman–Crippen MR) is 139 cm³/mol. The molecule has 3 rings (SSSR count). The lowest BCUT2D eigenvalue weighted by atomic mass is 10.1. The van der Waals surface area contributed by atoms with Crippen molar-refractivity contribution in [1.82, 2.24) is 20.0 Å². The number of carbonyl (C=O) groups is 1. The quantitative estimate of drug-likeness (QED) is 0.295. The van der Waals surface area contributed by atoms with Crippen molar-refractivity contribution >= 4 is 35.8 Å². The highest BCUT2D eigenvalue weighted by Crippen LogP contribution is 2.19. The molecule has 0 spiro atoms. The second kappa shape index (κ2) is 13.3. The van der Waals surface area contributed by atoms with Gasteiger partial charge in [0.25, 0.3) is 0 Å². The molecule has 7 heteroatoms. The zero-order valence-electron chi connectivity index (χ0n) is 19.5. The average Bonchev–Trinajstić information content (AvgIpc) is 3.39. The van der Waals surface area contributed by atoms with E-state index in [2.05, 4.69) is 60.2 Å². The summed E-state index contributed by atoms with van der Waals surface area (Å²) in [7, 11) is 0. The van der Waals surface area contributed by atoms with E-state index in [1.807, 2.05) is 4.90 Å². The Labute approximate surface area is 205 Å². The number of amides is 1. The second-order valence-corrected chi connectivity index (χ2v) is 8.50. The van der Waals surface area contributed by atoms with Crippen molar-refractivity contribution < 1.29 is 4.79 Å². The van der Waals surface area contributed by atoms with Gasteiger partial charge in [0.1, 0.15) is 0 Å². The Balaban J connectivity index is 0.00000341. The summed E-state index contributed by atoms with van der Waals surface area (Å²) in [6.45, 7) is 15.4. The van der Waals surface area contributed by atoms with Crippen molar-refractivity contribution in [2.75, 3.05) is 45.8 Å². The monoisotopic (exact) mass is 541 g/mol. The lowest BCUT2D eigenvalue weighted by molar-refractivity contribution is -0.128. The van der Waals surface area contributed by atoms with Crippen molar-refractivity contribution in [3.8, 4) is 0 Å². The Hall–Kier alpha value is -1.35. The van der Waals surface area contributed by atoms with Gasteiger partial charge in [-0.25, -0.2) is 4.99 Å². The standard InChI is InChI=1S/C24H39N5O.HI/c1-4-25-24(29-14-12-22(19-29)17-27(5-2)6-3)26-16-20-9-7-10-21(15-20)18-28-13-8-11-23(28)30;/h7,9-10,15,22H,4-6,8,11-14,16-19H2,1-3H3,(H,25,26);1H. The van der Waals surface area contributed by atoms with Crippen LogP contribution < -0.4 is 5.32 Å². The average molecular weight is 542 g/mol. The van der Waals surface area contributed by atoms with Gasteiger partial charge in [0.2, 0.25) is 5.91 Å². The Morgan fingerprint density at radius 1 is 1.19 bits per heavy atom. The van der Waals surface area contributed by atoms with Crippen LogP contribution >= 0.6 is 24.0 Å². The van der Waals surface area contributed by atoms with E-state index in [-0.39, 0.29) is 29.9 Å². The van der Waals surface area contributed by atoms with Crippen molar-refractivity contribution in [3.05, 3.63) is 35.4 Å². The lowest BCUT2D eigenvalue weighted by Crippen LogP contribution is -2.40. The van der Waals surface area contributed by atoms with E-state index >= 15 is 0 Å². The molecule has 0 bridgehead atoms. The molecule has 6 nitrogen and oxygen atoms in total. The number of guanidine groups is 1. The van der Waals surface area contributed by atoms with Crippen LogP contribution in [0.1, 0.15) is 51.2 Å². The minimum atomic E-state index is 0. The normalized spacial score (nSPS) is 19.3. The predicted octanol–water partition coefficient (Wildman–Crippen LogP) is 3.56. The molecule has 2 aliphatic heterocycles. The largest absolute Gasteiger partial charge is 0.357 e. The molecule has 2 heterocycles. The second-order valence-electron chi connectivity index (χ2n) is 8.50. The van der Waals surface area contributed by atoms with E-state index in [4.69, 9.17) is 4.99 Å². The molecule has 2 saturated heterocycles. The molecule has 0 saturated carbocycles. The first-order chi connectivity index (χ1) is 14.6. The third-order valence-corrected chi connectivity index (χ3v) is 6.28. The van der Waals surface area contributed by atoms with E-state index in [9.17, 15) is 4.79 Å². The van der Waals surface area contributed by atoms with E-state index in [0.29, 0.717) is 13.0 Å². The number of hydrogen-bond acceptors (Lipinski definition) is 3. The van der Waals surface area contributed by atoms with Gasteiger partial charge in [-0.3, -0.25) is 4.79 Å². The van der Waals surface area contributed by atoms with Crippen LogP contribution in [0.3, 0.4) is 0 Å². The van der Waals surface area contributed by atoms with Crippen LogP contribution in [0.15, 0.2) is 29.3 Å². The zero-order chi connectivity index (χ0) is 21.3. The minimum Gasteiger partial charge on any atom is -0.357 e. The molecule has 31 heavy (non-hydrogen) atoms. The lowest BCUT2D eigenvalue weighted by Gasteiger charge is -2.24. The summed E-state index contributed by atoms with van der Waals surface area (Å²) in [6.07, 6.45) is 2.92. The van der Waals surface area contributed by atoms with Crippen LogP contribution in [-0.4, -0.2) is 72.4 Å². The van der Waals surface area contributed by atoms with E-state index in [1.54, 1.807) is 0 Å². The first-order valence-corrected chi connectivity index (χ1v) is 11.7. The molecule has 174 valence electrons. The number of aliphatic imine (C=N–C) groups is 1. The van der Waals surface area contributed by atoms with Gasteiger partial charge in [-0.15, -0.1) is 24.0 Å². The molecule has 2 aliphatic rings. The molecule has 1 unspecified atom stereocenters. The van der Waals surface area contributed by atoms with Gasteiger partial charge in [0.05, 0.1) is 6.54 Å². The first kappa shape index (κ1) is 25.9. The molecule has 1 N–H and O–H groups in total. The van der Waals surface area contributed by atoms with E-state index in [0.717, 1.165) is 64.1 Å². The van der Waals surface area contributed by atoms with Crippen molar-refractivity contribution in [2.24, 2.45) is 10.9 Å². The topological polar surface area (TPSA) is 51.2 Å². The number of carbonyl (C=O) groups excluding carboxylic acids is 1. The Kier molecular flexibility index (Phi) is 11.1. The molecule has 1 aromatic carbocycles. The molecule has 2 fully saturated rings. The fourth-order valence-electron chi connectivity index (χ4n) is 4.53. The SMILES string of the molecule is CCNC(=NCc1cccc(CN2CCCC2=O)c1)N1CCC(CN(CC)CC)C1.I. The van der Waals surface area contributed by atoms with E-state index < -0.39 is 0 Å². The maximum atomic E-state index is 11.9. The van der Waals surface area contributed by atoms with Gasteiger partial charge >= 0.3 is 0 Å².